The molecule has 0 fully saturated rings. The van der Waals surface area contributed by atoms with Crippen molar-refractivity contribution in [2.75, 3.05) is 34.5 Å². The standard InChI is InChI=1S/C13H21NO6S/c1-18-9-10(6-7-15)14-21(16,17)13-8-11(19-2)4-5-12(13)20-3/h4-5,8,10,14-15H,6-7,9H2,1-3H3. The monoisotopic (exact) mass is 319 g/mol. The molecule has 0 bridgehead atoms. The zero-order valence-corrected chi connectivity index (χ0v) is 13.1. The number of hydrogen-bond acceptors (Lipinski definition) is 6. The Morgan fingerprint density at radius 1 is 1.24 bits per heavy atom. The topological polar surface area (TPSA) is 94.1 Å². The minimum Gasteiger partial charge on any atom is -0.497 e. The molecule has 1 unspecified atom stereocenters. The van der Waals surface area contributed by atoms with Gasteiger partial charge in [0.2, 0.25) is 10.0 Å². The molecule has 0 spiro atoms. The van der Waals surface area contributed by atoms with Gasteiger partial charge in [0.15, 0.2) is 0 Å². The summed E-state index contributed by atoms with van der Waals surface area (Å²) >= 11 is 0. The molecule has 0 heterocycles. The smallest absolute Gasteiger partial charge is 0.244 e. The van der Waals surface area contributed by atoms with E-state index in [9.17, 15) is 8.42 Å². The van der Waals surface area contributed by atoms with Crippen LogP contribution in [0.25, 0.3) is 0 Å². The van der Waals surface area contributed by atoms with Gasteiger partial charge in [-0.1, -0.05) is 0 Å². The lowest BCUT2D eigenvalue weighted by Gasteiger charge is -2.18. The third-order valence-electron chi connectivity index (χ3n) is 2.83. The number of hydrogen-bond donors (Lipinski definition) is 2. The summed E-state index contributed by atoms with van der Waals surface area (Å²) in [5, 5.41) is 8.98. The van der Waals surface area contributed by atoms with Gasteiger partial charge in [-0.15, -0.1) is 0 Å². The van der Waals surface area contributed by atoms with E-state index in [2.05, 4.69) is 4.72 Å². The van der Waals surface area contributed by atoms with E-state index < -0.39 is 16.1 Å². The van der Waals surface area contributed by atoms with Gasteiger partial charge in [-0.2, -0.15) is 0 Å². The maximum Gasteiger partial charge on any atom is 0.244 e. The summed E-state index contributed by atoms with van der Waals surface area (Å²) in [5.74, 6) is 0.616. The maximum atomic E-state index is 12.5. The number of benzene rings is 1. The van der Waals surface area contributed by atoms with Crippen LogP contribution in [-0.4, -0.2) is 54.1 Å². The molecular formula is C13H21NO6S. The lowest BCUT2D eigenvalue weighted by molar-refractivity contribution is 0.158. The molecule has 0 aliphatic heterocycles. The van der Waals surface area contributed by atoms with Crippen LogP contribution in [0.3, 0.4) is 0 Å². The van der Waals surface area contributed by atoms with Gasteiger partial charge in [0.1, 0.15) is 16.4 Å². The highest BCUT2D eigenvalue weighted by Crippen LogP contribution is 2.28. The van der Waals surface area contributed by atoms with Crippen LogP contribution in [0.4, 0.5) is 0 Å². The van der Waals surface area contributed by atoms with Crippen LogP contribution in [0.5, 0.6) is 11.5 Å². The van der Waals surface area contributed by atoms with Gasteiger partial charge < -0.3 is 19.3 Å². The van der Waals surface area contributed by atoms with Gasteiger partial charge in [-0.3, -0.25) is 0 Å². The molecular weight excluding hydrogens is 298 g/mol. The molecule has 0 amide bonds. The van der Waals surface area contributed by atoms with E-state index in [0.29, 0.717) is 5.75 Å². The molecule has 0 radical (unpaired) electrons. The molecule has 1 aromatic rings. The van der Waals surface area contributed by atoms with Crippen LogP contribution < -0.4 is 14.2 Å². The summed E-state index contributed by atoms with van der Waals surface area (Å²) in [6.07, 6.45) is 0.249. The van der Waals surface area contributed by atoms with Crippen molar-refractivity contribution in [3.8, 4) is 11.5 Å². The fraction of sp³-hybridized carbons (Fsp3) is 0.538. The minimum absolute atomic E-state index is 0.0246. The van der Waals surface area contributed by atoms with Gasteiger partial charge in [-0.05, 0) is 18.6 Å². The molecule has 2 N–H and O–H groups in total. The van der Waals surface area contributed by atoms with Crippen LogP contribution >= 0.6 is 0 Å². The highest BCUT2D eigenvalue weighted by Gasteiger charge is 2.24. The Morgan fingerprint density at radius 2 is 1.95 bits per heavy atom. The second-order valence-electron chi connectivity index (χ2n) is 4.30. The first-order valence-corrected chi connectivity index (χ1v) is 7.81. The van der Waals surface area contributed by atoms with Crippen LogP contribution in [0.2, 0.25) is 0 Å². The first-order chi connectivity index (χ1) is 9.98. The highest BCUT2D eigenvalue weighted by molar-refractivity contribution is 7.89. The molecule has 0 aliphatic carbocycles. The summed E-state index contributed by atoms with van der Waals surface area (Å²) in [7, 11) is 0.477. The molecule has 0 saturated heterocycles. The van der Waals surface area contributed by atoms with Crippen molar-refractivity contribution in [3.05, 3.63) is 18.2 Å². The molecule has 1 rings (SSSR count). The summed E-state index contributed by atoms with van der Waals surface area (Å²) in [6.45, 7) is 0.0118. The van der Waals surface area contributed by atoms with Crippen molar-refractivity contribution in [2.45, 2.75) is 17.4 Å². The zero-order chi connectivity index (χ0) is 15.9. The number of ether oxygens (including phenoxy) is 3. The Labute approximate surface area is 124 Å². The van der Waals surface area contributed by atoms with Gasteiger partial charge >= 0.3 is 0 Å². The first-order valence-electron chi connectivity index (χ1n) is 6.32. The Bertz CT molecular complexity index is 540. The Hall–Kier alpha value is -1.35. The summed E-state index contributed by atoms with van der Waals surface area (Å²) in [6, 6.07) is 3.98. The van der Waals surface area contributed by atoms with E-state index in [1.54, 1.807) is 6.07 Å². The van der Waals surface area contributed by atoms with E-state index in [4.69, 9.17) is 19.3 Å². The fourth-order valence-electron chi connectivity index (χ4n) is 1.81. The third-order valence-corrected chi connectivity index (χ3v) is 4.37. The fourth-order valence-corrected chi connectivity index (χ4v) is 3.25. The number of nitrogens with one attached hydrogen (secondary N) is 1. The van der Waals surface area contributed by atoms with E-state index in [1.807, 2.05) is 0 Å². The third kappa shape index (κ3) is 4.85. The molecule has 0 aliphatic rings. The number of aliphatic hydroxyl groups excluding tert-OH is 1. The molecule has 1 atom stereocenters. The van der Waals surface area contributed by atoms with Crippen LogP contribution in [0.15, 0.2) is 23.1 Å². The first kappa shape index (κ1) is 17.7. The van der Waals surface area contributed by atoms with Crippen molar-refractivity contribution in [3.63, 3.8) is 0 Å². The van der Waals surface area contributed by atoms with Gasteiger partial charge in [-0.25, -0.2) is 13.1 Å². The Morgan fingerprint density at radius 3 is 2.48 bits per heavy atom. The highest BCUT2D eigenvalue weighted by atomic mass is 32.2. The van der Waals surface area contributed by atoms with Gasteiger partial charge in [0, 0.05) is 25.8 Å². The van der Waals surface area contributed by atoms with E-state index in [0.717, 1.165) is 0 Å². The quantitative estimate of drug-likeness (QED) is 0.683. The Kier molecular flexibility index (Phi) is 6.90. The molecule has 0 saturated carbocycles. The SMILES string of the molecule is COCC(CCO)NS(=O)(=O)c1cc(OC)ccc1OC. The lowest BCUT2D eigenvalue weighted by Crippen LogP contribution is -2.38. The average Bonchev–Trinajstić information content (AvgIpc) is 2.46. The second-order valence-corrected chi connectivity index (χ2v) is 5.99. The van der Waals surface area contributed by atoms with Gasteiger partial charge in [0.05, 0.1) is 20.8 Å². The number of aliphatic hydroxyl groups is 1. The van der Waals surface area contributed by atoms with Crippen LogP contribution in [-0.2, 0) is 14.8 Å². The molecule has 21 heavy (non-hydrogen) atoms. The van der Waals surface area contributed by atoms with Crippen molar-refractivity contribution in [1.82, 2.24) is 4.72 Å². The van der Waals surface area contributed by atoms with Crippen molar-refractivity contribution in [1.29, 1.82) is 0 Å². The number of sulfonamides is 1. The zero-order valence-electron chi connectivity index (χ0n) is 12.3. The lowest BCUT2D eigenvalue weighted by atomic mass is 10.2. The summed E-state index contributed by atoms with van der Waals surface area (Å²) in [5.41, 5.74) is 0. The predicted octanol–water partition coefficient (Wildman–Crippen LogP) is 0.379. The molecule has 8 heteroatoms. The summed E-state index contributed by atoms with van der Waals surface area (Å²) < 4.78 is 42.5. The minimum atomic E-state index is -3.83. The normalized spacial score (nSPS) is 13.0. The predicted molar refractivity (Wildman–Crippen MR) is 77.2 cm³/mol. The van der Waals surface area contributed by atoms with E-state index in [1.165, 1.54) is 33.5 Å². The van der Waals surface area contributed by atoms with Gasteiger partial charge in [0.25, 0.3) is 0 Å². The summed E-state index contributed by atoms with van der Waals surface area (Å²) in [4.78, 5) is -0.0246. The molecule has 7 nitrogen and oxygen atoms in total. The maximum absolute atomic E-state index is 12.5. The van der Waals surface area contributed by atoms with Crippen LogP contribution in [0.1, 0.15) is 6.42 Å². The van der Waals surface area contributed by atoms with E-state index in [-0.39, 0.29) is 30.3 Å². The van der Waals surface area contributed by atoms with Crippen molar-refractivity contribution >= 4 is 10.0 Å². The number of rotatable bonds is 9. The van der Waals surface area contributed by atoms with Crippen molar-refractivity contribution < 1.29 is 27.7 Å². The largest absolute Gasteiger partial charge is 0.497 e. The number of methoxy groups -OCH3 is 3. The van der Waals surface area contributed by atoms with Crippen LogP contribution in [0, 0.1) is 0 Å². The molecule has 1 aromatic carbocycles. The van der Waals surface area contributed by atoms with E-state index >= 15 is 0 Å². The molecule has 120 valence electrons. The Balaban J connectivity index is 3.10. The average molecular weight is 319 g/mol. The second kappa shape index (κ2) is 8.18. The molecule has 0 aromatic heterocycles. The van der Waals surface area contributed by atoms with Crippen molar-refractivity contribution in [2.24, 2.45) is 0 Å².